The summed E-state index contributed by atoms with van der Waals surface area (Å²) < 4.78 is 0. The summed E-state index contributed by atoms with van der Waals surface area (Å²) in [6.07, 6.45) is 6.45. The summed E-state index contributed by atoms with van der Waals surface area (Å²) >= 11 is 0. The first-order valence-electron chi connectivity index (χ1n) is 8.48. The maximum Gasteiger partial charge on any atom is 0.254 e. The lowest BCUT2D eigenvalue weighted by molar-refractivity contribution is 0.0950. The number of rotatable bonds is 6. The van der Waals surface area contributed by atoms with Gasteiger partial charge in [0.15, 0.2) is 0 Å². The van der Waals surface area contributed by atoms with E-state index in [1.165, 1.54) is 18.0 Å². The molecule has 0 radical (unpaired) electrons. The van der Waals surface area contributed by atoms with Crippen LogP contribution in [-0.4, -0.2) is 20.9 Å². The molecule has 0 aliphatic rings. The van der Waals surface area contributed by atoms with Crippen LogP contribution in [0.3, 0.4) is 0 Å². The number of para-hydroxylation sites is 1. The molecule has 3 rings (SSSR count). The molecule has 132 valence electrons. The molecule has 0 saturated carbocycles. The highest BCUT2D eigenvalue weighted by Gasteiger charge is 2.09. The Morgan fingerprint density at radius 1 is 1.04 bits per heavy atom. The largest absolute Gasteiger partial charge is 0.348 e. The third kappa shape index (κ3) is 4.42. The van der Waals surface area contributed by atoms with E-state index < -0.39 is 0 Å². The lowest BCUT2D eigenvalue weighted by Gasteiger charge is -2.13. The Bertz CT molecular complexity index is 863. The van der Waals surface area contributed by atoms with E-state index in [0.29, 0.717) is 24.0 Å². The maximum absolute atomic E-state index is 12.2. The quantitative estimate of drug-likeness (QED) is 0.711. The number of nitrogens with one attached hydrogen (secondary N) is 2. The minimum Gasteiger partial charge on any atom is -0.348 e. The van der Waals surface area contributed by atoms with Gasteiger partial charge in [0, 0.05) is 37.0 Å². The van der Waals surface area contributed by atoms with E-state index in [-0.39, 0.29) is 5.91 Å². The first kappa shape index (κ1) is 17.5. The van der Waals surface area contributed by atoms with Crippen molar-refractivity contribution < 1.29 is 4.79 Å². The number of hydrogen-bond acceptors (Lipinski definition) is 5. The van der Waals surface area contributed by atoms with Crippen molar-refractivity contribution in [2.24, 2.45) is 0 Å². The van der Waals surface area contributed by atoms with E-state index in [2.05, 4.69) is 45.5 Å². The van der Waals surface area contributed by atoms with Crippen molar-refractivity contribution in [1.82, 2.24) is 20.3 Å². The third-order valence-corrected chi connectivity index (χ3v) is 3.92. The molecule has 0 saturated heterocycles. The number of hydrogen-bond donors (Lipinski definition) is 2. The molecule has 0 aliphatic heterocycles. The molecule has 6 heteroatoms. The van der Waals surface area contributed by atoms with Gasteiger partial charge < -0.3 is 10.6 Å². The Kier molecular flexibility index (Phi) is 5.53. The number of anilines is 2. The Morgan fingerprint density at radius 3 is 2.50 bits per heavy atom. The van der Waals surface area contributed by atoms with Gasteiger partial charge in [-0.05, 0) is 29.2 Å². The van der Waals surface area contributed by atoms with Crippen molar-refractivity contribution in [2.75, 3.05) is 5.32 Å². The number of carbonyl (C=O) groups is 1. The van der Waals surface area contributed by atoms with Gasteiger partial charge in [-0.1, -0.05) is 38.1 Å². The second kappa shape index (κ2) is 8.20. The van der Waals surface area contributed by atoms with Crippen LogP contribution in [0, 0.1) is 0 Å². The van der Waals surface area contributed by atoms with Crippen LogP contribution in [0.4, 0.5) is 11.6 Å². The first-order valence-corrected chi connectivity index (χ1v) is 8.48. The van der Waals surface area contributed by atoms with Crippen molar-refractivity contribution in [2.45, 2.75) is 26.3 Å². The maximum atomic E-state index is 12.2. The molecular weight excluding hydrogens is 326 g/mol. The van der Waals surface area contributed by atoms with Crippen molar-refractivity contribution in [3.8, 4) is 0 Å². The number of pyridine rings is 1. The Balaban J connectivity index is 1.64. The van der Waals surface area contributed by atoms with Gasteiger partial charge in [-0.25, -0.2) is 9.97 Å². The van der Waals surface area contributed by atoms with Crippen molar-refractivity contribution in [3.63, 3.8) is 0 Å². The van der Waals surface area contributed by atoms with Crippen molar-refractivity contribution >= 4 is 17.5 Å². The van der Waals surface area contributed by atoms with Gasteiger partial charge in [0.05, 0.1) is 5.56 Å². The van der Waals surface area contributed by atoms with E-state index in [1.54, 1.807) is 12.4 Å². The number of amides is 1. The predicted octanol–water partition coefficient (Wildman–Crippen LogP) is 3.67. The normalized spacial score (nSPS) is 10.6. The van der Waals surface area contributed by atoms with Crippen LogP contribution in [0.15, 0.2) is 61.2 Å². The zero-order valence-corrected chi connectivity index (χ0v) is 14.8. The Hall–Kier alpha value is -3.28. The molecule has 0 fully saturated rings. The average molecular weight is 347 g/mol. The Morgan fingerprint density at radius 2 is 1.81 bits per heavy atom. The standard InChI is InChI=1S/C20H21N5O/c1-14(2)17-7-3-4-8-18(17)25-20-23-12-16(13-24-20)19(26)22-11-15-6-5-9-21-10-15/h3-10,12-14H,11H2,1-2H3,(H,22,26)(H,23,24,25). The molecule has 1 aromatic carbocycles. The minimum atomic E-state index is -0.219. The molecule has 26 heavy (non-hydrogen) atoms. The van der Waals surface area contributed by atoms with E-state index in [4.69, 9.17) is 0 Å². The van der Waals surface area contributed by atoms with Crippen LogP contribution < -0.4 is 10.6 Å². The lowest BCUT2D eigenvalue weighted by Crippen LogP contribution is -2.23. The molecule has 2 heterocycles. The van der Waals surface area contributed by atoms with Gasteiger partial charge in [-0.3, -0.25) is 9.78 Å². The molecule has 3 aromatic rings. The number of carbonyl (C=O) groups excluding carboxylic acids is 1. The summed E-state index contributed by atoms with van der Waals surface area (Å²) in [4.78, 5) is 24.7. The molecule has 0 atom stereocenters. The first-order chi connectivity index (χ1) is 12.6. The summed E-state index contributed by atoms with van der Waals surface area (Å²) in [5.74, 6) is 0.626. The number of aromatic nitrogens is 3. The molecule has 0 spiro atoms. The second-order valence-corrected chi connectivity index (χ2v) is 6.21. The van der Waals surface area contributed by atoms with Crippen LogP contribution in [0.25, 0.3) is 0 Å². The van der Waals surface area contributed by atoms with Gasteiger partial charge in [0.1, 0.15) is 0 Å². The van der Waals surface area contributed by atoms with Crippen molar-refractivity contribution in [1.29, 1.82) is 0 Å². The molecule has 0 bridgehead atoms. The van der Waals surface area contributed by atoms with Crippen LogP contribution in [0.1, 0.15) is 41.3 Å². The summed E-state index contributed by atoms with van der Waals surface area (Å²) in [6, 6.07) is 11.8. The van der Waals surface area contributed by atoms with Crippen LogP contribution in [0.5, 0.6) is 0 Å². The SMILES string of the molecule is CC(C)c1ccccc1Nc1ncc(C(=O)NCc2cccnc2)cn1. The fourth-order valence-electron chi connectivity index (χ4n) is 2.53. The average Bonchev–Trinajstić information content (AvgIpc) is 2.68. The van der Waals surface area contributed by atoms with Gasteiger partial charge in [0.25, 0.3) is 5.91 Å². The summed E-state index contributed by atoms with van der Waals surface area (Å²) in [5, 5.41) is 6.04. The predicted molar refractivity (Wildman–Crippen MR) is 101 cm³/mol. The zero-order chi connectivity index (χ0) is 18.4. The highest BCUT2D eigenvalue weighted by Crippen LogP contribution is 2.25. The zero-order valence-electron chi connectivity index (χ0n) is 14.8. The molecule has 0 unspecified atom stereocenters. The van der Waals surface area contributed by atoms with Crippen LogP contribution in [-0.2, 0) is 6.54 Å². The third-order valence-electron chi connectivity index (χ3n) is 3.92. The van der Waals surface area contributed by atoms with E-state index in [0.717, 1.165) is 11.3 Å². The highest BCUT2D eigenvalue weighted by atomic mass is 16.1. The van der Waals surface area contributed by atoms with Crippen LogP contribution in [0.2, 0.25) is 0 Å². The molecule has 2 N–H and O–H groups in total. The Labute approximate surface area is 152 Å². The van der Waals surface area contributed by atoms with Crippen LogP contribution >= 0.6 is 0 Å². The highest BCUT2D eigenvalue weighted by molar-refractivity contribution is 5.93. The van der Waals surface area contributed by atoms with E-state index in [1.807, 2.05) is 30.3 Å². The van der Waals surface area contributed by atoms with Gasteiger partial charge >= 0.3 is 0 Å². The summed E-state index contributed by atoms with van der Waals surface area (Å²) in [6.45, 7) is 4.68. The minimum absolute atomic E-state index is 0.219. The van der Waals surface area contributed by atoms with Crippen molar-refractivity contribution in [3.05, 3.63) is 77.9 Å². The monoisotopic (exact) mass is 347 g/mol. The van der Waals surface area contributed by atoms with Gasteiger partial charge in [-0.2, -0.15) is 0 Å². The molecule has 6 nitrogen and oxygen atoms in total. The van der Waals surface area contributed by atoms with Gasteiger partial charge in [-0.15, -0.1) is 0 Å². The second-order valence-electron chi connectivity index (χ2n) is 6.21. The molecule has 0 aliphatic carbocycles. The number of benzene rings is 1. The summed E-state index contributed by atoms with van der Waals surface area (Å²) in [7, 11) is 0. The van der Waals surface area contributed by atoms with E-state index in [9.17, 15) is 4.79 Å². The van der Waals surface area contributed by atoms with E-state index >= 15 is 0 Å². The van der Waals surface area contributed by atoms with Gasteiger partial charge in [0.2, 0.25) is 5.95 Å². The smallest absolute Gasteiger partial charge is 0.254 e. The number of nitrogens with zero attached hydrogens (tertiary/aromatic N) is 3. The molecule has 1 amide bonds. The summed E-state index contributed by atoms with van der Waals surface area (Å²) in [5.41, 5.74) is 3.51. The fraction of sp³-hybridized carbons (Fsp3) is 0.200. The topological polar surface area (TPSA) is 79.8 Å². The molecule has 2 aromatic heterocycles. The fourth-order valence-corrected chi connectivity index (χ4v) is 2.53. The molecular formula is C20H21N5O. The lowest BCUT2D eigenvalue weighted by atomic mass is 10.0.